The van der Waals surface area contributed by atoms with E-state index in [2.05, 4.69) is 5.32 Å². The molecule has 0 saturated heterocycles. The van der Waals surface area contributed by atoms with Crippen LogP contribution in [-0.4, -0.2) is 22.9 Å². The van der Waals surface area contributed by atoms with E-state index < -0.39 is 16.8 Å². The van der Waals surface area contributed by atoms with Crippen LogP contribution < -0.4 is 5.32 Å². The Kier molecular flexibility index (Phi) is 6.56. The van der Waals surface area contributed by atoms with E-state index >= 15 is 0 Å². The summed E-state index contributed by atoms with van der Waals surface area (Å²) in [7, 11) is 0. The summed E-state index contributed by atoms with van der Waals surface area (Å²) in [4.78, 5) is 36.3. The summed E-state index contributed by atoms with van der Waals surface area (Å²) in [6.07, 6.45) is 0.303. The molecule has 0 bridgehead atoms. The van der Waals surface area contributed by atoms with E-state index in [1.54, 1.807) is 13.8 Å². The number of ether oxygens (including phenoxy) is 1. The van der Waals surface area contributed by atoms with Gasteiger partial charge in [-0.2, -0.15) is 0 Å². The second-order valence-corrected chi connectivity index (χ2v) is 7.66. The number of hydrogen-bond acceptors (Lipinski definition) is 6. The predicted octanol–water partition coefficient (Wildman–Crippen LogP) is 5.00. The Morgan fingerprint density at radius 1 is 1.37 bits per heavy atom. The van der Waals surface area contributed by atoms with Crippen molar-refractivity contribution >= 4 is 45.5 Å². The zero-order valence-corrected chi connectivity index (χ0v) is 16.9. The van der Waals surface area contributed by atoms with Crippen LogP contribution in [0.2, 0.25) is 5.02 Å². The Morgan fingerprint density at radius 3 is 2.59 bits per heavy atom. The Morgan fingerprint density at radius 2 is 2.04 bits per heavy atom. The van der Waals surface area contributed by atoms with Gasteiger partial charge in [0.05, 0.1) is 16.6 Å². The molecule has 144 valence electrons. The van der Waals surface area contributed by atoms with Gasteiger partial charge in [-0.3, -0.25) is 14.9 Å². The summed E-state index contributed by atoms with van der Waals surface area (Å²) in [5.74, 6) is -1.08. The van der Waals surface area contributed by atoms with Gasteiger partial charge in [0, 0.05) is 16.5 Å². The smallest absolute Gasteiger partial charge is 0.341 e. The summed E-state index contributed by atoms with van der Waals surface area (Å²) >= 11 is 7.05. The van der Waals surface area contributed by atoms with Gasteiger partial charge in [0.15, 0.2) is 0 Å². The van der Waals surface area contributed by atoms with E-state index in [0.29, 0.717) is 17.0 Å². The molecule has 1 amide bonds. The lowest BCUT2D eigenvalue weighted by Crippen LogP contribution is -2.17. The van der Waals surface area contributed by atoms with Gasteiger partial charge in [-0.15, -0.1) is 11.3 Å². The first-order valence-electron chi connectivity index (χ1n) is 8.24. The summed E-state index contributed by atoms with van der Waals surface area (Å²) < 4.78 is 5.30. The molecule has 7 nitrogen and oxygen atoms in total. The SMILES string of the molecule is CCc1c(C)sc(NC(=O)c2ccc(Cl)c([N+](=O)[O-])c2)c1C(=O)OC(C)C. The lowest BCUT2D eigenvalue weighted by molar-refractivity contribution is -0.384. The van der Waals surface area contributed by atoms with Crippen LogP contribution in [0.25, 0.3) is 0 Å². The topological polar surface area (TPSA) is 98.5 Å². The highest BCUT2D eigenvalue weighted by molar-refractivity contribution is 7.16. The normalized spacial score (nSPS) is 10.7. The van der Waals surface area contributed by atoms with Gasteiger partial charge in [-0.1, -0.05) is 18.5 Å². The van der Waals surface area contributed by atoms with Gasteiger partial charge in [0.1, 0.15) is 10.0 Å². The summed E-state index contributed by atoms with van der Waals surface area (Å²) in [6, 6.07) is 3.78. The van der Waals surface area contributed by atoms with E-state index in [0.717, 1.165) is 16.5 Å². The molecule has 2 aromatic rings. The van der Waals surface area contributed by atoms with Crippen molar-refractivity contribution < 1.29 is 19.2 Å². The van der Waals surface area contributed by atoms with Crippen molar-refractivity contribution in [1.82, 2.24) is 0 Å². The van der Waals surface area contributed by atoms with E-state index in [1.165, 1.54) is 23.5 Å². The summed E-state index contributed by atoms with van der Waals surface area (Å²) in [6.45, 7) is 7.26. The first-order valence-corrected chi connectivity index (χ1v) is 9.43. The number of amides is 1. The van der Waals surface area contributed by atoms with E-state index in [4.69, 9.17) is 16.3 Å². The maximum atomic E-state index is 12.6. The van der Waals surface area contributed by atoms with Crippen molar-refractivity contribution in [2.45, 2.75) is 40.2 Å². The quantitative estimate of drug-likeness (QED) is 0.410. The lowest BCUT2D eigenvalue weighted by atomic mass is 10.1. The van der Waals surface area contributed by atoms with Crippen LogP contribution in [0.1, 0.15) is 51.9 Å². The van der Waals surface area contributed by atoms with Crippen molar-refractivity contribution in [1.29, 1.82) is 0 Å². The Hall–Kier alpha value is -2.45. The fourth-order valence-electron chi connectivity index (χ4n) is 2.55. The average Bonchev–Trinajstić information content (AvgIpc) is 2.89. The molecule has 1 aromatic heterocycles. The van der Waals surface area contributed by atoms with Crippen LogP contribution in [0.5, 0.6) is 0 Å². The van der Waals surface area contributed by atoms with Crippen LogP contribution in [0.4, 0.5) is 10.7 Å². The largest absolute Gasteiger partial charge is 0.459 e. The predicted molar refractivity (Wildman–Crippen MR) is 105 cm³/mol. The fourth-order valence-corrected chi connectivity index (χ4v) is 3.87. The van der Waals surface area contributed by atoms with Gasteiger partial charge < -0.3 is 10.1 Å². The molecule has 0 fully saturated rings. The number of anilines is 1. The third kappa shape index (κ3) is 4.64. The van der Waals surface area contributed by atoms with Gasteiger partial charge >= 0.3 is 5.97 Å². The molecule has 0 saturated carbocycles. The molecular formula is C18H19ClN2O5S. The number of benzene rings is 1. The van der Waals surface area contributed by atoms with E-state index in [1.807, 2.05) is 13.8 Å². The molecule has 9 heteroatoms. The van der Waals surface area contributed by atoms with Crippen LogP contribution >= 0.6 is 22.9 Å². The fraction of sp³-hybridized carbons (Fsp3) is 0.333. The van der Waals surface area contributed by atoms with E-state index in [-0.39, 0.29) is 22.4 Å². The zero-order chi connectivity index (χ0) is 20.3. The average molecular weight is 411 g/mol. The summed E-state index contributed by atoms with van der Waals surface area (Å²) in [5, 5.41) is 14.0. The molecule has 0 spiro atoms. The van der Waals surface area contributed by atoms with Gasteiger partial charge in [0.25, 0.3) is 11.6 Å². The highest BCUT2D eigenvalue weighted by atomic mass is 35.5. The number of nitrogens with zero attached hydrogens (tertiary/aromatic N) is 1. The Balaban J connectivity index is 2.40. The number of halogens is 1. The third-order valence-corrected chi connectivity index (χ3v) is 5.12. The maximum absolute atomic E-state index is 12.6. The number of nitro benzene ring substituents is 1. The molecule has 27 heavy (non-hydrogen) atoms. The number of aryl methyl sites for hydroxylation is 1. The molecule has 1 heterocycles. The maximum Gasteiger partial charge on any atom is 0.341 e. The number of nitro groups is 1. The van der Waals surface area contributed by atoms with Crippen LogP contribution in [0, 0.1) is 17.0 Å². The number of thiophene rings is 1. The van der Waals surface area contributed by atoms with Crippen molar-refractivity contribution in [3.05, 3.63) is 54.9 Å². The second-order valence-electron chi connectivity index (χ2n) is 6.03. The lowest BCUT2D eigenvalue weighted by Gasteiger charge is -2.11. The number of nitrogens with one attached hydrogen (secondary N) is 1. The molecule has 2 rings (SSSR count). The van der Waals surface area contributed by atoms with Crippen LogP contribution in [0.3, 0.4) is 0 Å². The molecule has 0 atom stereocenters. The molecule has 0 aliphatic carbocycles. The molecular weight excluding hydrogens is 392 g/mol. The molecule has 1 N–H and O–H groups in total. The molecule has 0 aliphatic heterocycles. The van der Waals surface area contributed by atoms with Crippen molar-refractivity contribution in [3.63, 3.8) is 0 Å². The first-order chi connectivity index (χ1) is 12.6. The number of hydrogen-bond donors (Lipinski definition) is 1. The zero-order valence-electron chi connectivity index (χ0n) is 15.3. The van der Waals surface area contributed by atoms with Crippen LogP contribution in [0.15, 0.2) is 18.2 Å². The number of carbonyl (C=O) groups is 2. The van der Waals surface area contributed by atoms with Crippen molar-refractivity contribution in [2.24, 2.45) is 0 Å². The van der Waals surface area contributed by atoms with Crippen molar-refractivity contribution in [2.75, 3.05) is 5.32 Å². The number of carbonyl (C=O) groups excluding carboxylic acids is 2. The number of esters is 1. The van der Waals surface area contributed by atoms with Gasteiger partial charge in [0.2, 0.25) is 0 Å². The monoisotopic (exact) mass is 410 g/mol. The van der Waals surface area contributed by atoms with Gasteiger partial charge in [-0.25, -0.2) is 4.79 Å². The molecule has 0 radical (unpaired) electrons. The Labute approximate surface area is 165 Å². The highest BCUT2D eigenvalue weighted by Crippen LogP contribution is 2.35. The summed E-state index contributed by atoms with van der Waals surface area (Å²) in [5.41, 5.74) is 0.840. The first kappa shape index (κ1) is 20.9. The Bertz CT molecular complexity index is 907. The number of rotatable bonds is 6. The molecule has 0 aliphatic rings. The highest BCUT2D eigenvalue weighted by Gasteiger charge is 2.25. The minimum atomic E-state index is -0.658. The molecule has 1 aromatic carbocycles. The minimum absolute atomic E-state index is 0.0574. The van der Waals surface area contributed by atoms with E-state index in [9.17, 15) is 19.7 Å². The minimum Gasteiger partial charge on any atom is -0.459 e. The molecule has 0 unspecified atom stereocenters. The third-order valence-electron chi connectivity index (χ3n) is 3.74. The standard InChI is InChI=1S/C18H19ClN2O5S/c1-5-12-10(4)27-17(15(12)18(23)26-9(2)3)20-16(22)11-6-7-13(19)14(8-11)21(24)25/h6-9H,5H2,1-4H3,(H,20,22). The van der Waals surface area contributed by atoms with Gasteiger partial charge in [-0.05, 0) is 44.9 Å². The second kappa shape index (κ2) is 8.49. The van der Waals surface area contributed by atoms with Crippen molar-refractivity contribution in [3.8, 4) is 0 Å². The van der Waals surface area contributed by atoms with Crippen LogP contribution in [-0.2, 0) is 11.2 Å².